The van der Waals surface area contributed by atoms with Crippen molar-refractivity contribution < 1.29 is 13.2 Å². The Morgan fingerprint density at radius 1 is 0.690 bits per heavy atom. The van der Waals surface area contributed by atoms with Gasteiger partial charge in [0.2, 0.25) is 0 Å². The summed E-state index contributed by atoms with van der Waals surface area (Å²) >= 11 is 5.86. The maximum atomic E-state index is 13.0. The van der Waals surface area contributed by atoms with Crippen LogP contribution in [0.1, 0.15) is 76.1 Å². The second kappa shape index (κ2) is 12.8. The number of anilines is 3. The number of aromatic nitrogens is 2. The summed E-state index contributed by atoms with van der Waals surface area (Å²) in [4.78, 5) is 15.7. The highest BCUT2D eigenvalue weighted by atomic mass is 35.5. The van der Waals surface area contributed by atoms with E-state index in [9.17, 15) is 13.2 Å². The van der Waals surface area contributed by atoms with Crippen LogP contribution in [0.3, 0.4) is 0 Å². The van der Waals surface area contributed by atoms with E-state index in [1.54, 1.807) is 0 Å². The Bertz CT molecular complexity index is 1220. The van der Waals surface area contributed by atoms with Gasteiger partial charge in [0.1, 0.15) is 11.0 Å². The van der Waals surface area contributed by atoms with E-state index in [-0.39, 0.29) is 13.0 Å². The molecule has 5 aliphatic heterocycles. The summed E-state index contributed by atoms with van der Waals surface area (Å²) in [6, 6.07) is 7.94. The van der Waals surface area contributed by atoms with Gasteiger partial charge in [-0.15, -0.1) is 0 Å². The molecule has 8 rings (SSSR count). The highest BCUT2D eigenvalue weighted by molar-refractivity contribution is 6.29. The number of piperidine rings is 1. The van der Waals surface area contributed by atoms with Crippen molar-refractivity contribution in [2.75, 3.05) is 54.0 Å². The van der Waals surface area contributed by atoms with Gasteiger partial charge in [0, 0.05) is 39.3 Å². The molecule has 230 valence electrons. The number of pyridine rings is 2. The van der Waals surface area contributed by atoms with Crippen LogP contribution >= 0.6 is 11.6 Å². The number of alkyl halides is 3. The van der Waals surface area contributed by atoms with Crippen LogP contribution in [0.4, 0.5) is 30.4 Å². The fourth-order valence-corrected chi connectivity index (χ4v) is 7.91. The molecule has 9 heteroatoms. The summed E-state index contributed by atoms with van der Waals surface area (Å²) in [7, 11) is 0. The molecule has 1 saturated carbocycles. The van der Waals surface area contributed by atoms with E-state index >= 15 is 0 Å². The van der Waals surface area contributed by atoms with Crippen LogP contribution < -0.4 is 14.7 Å². The van der Waals surface area contributed by atoms with Crippen LogP contribution in [0.15, 0.2) is 24.3 Å². The molecule has 3 saturated heterocycles. The third-order valence-corrected chi connectivity index (χ3v) is 10.4. The zero-order chi connectivity index (χ0) is 29.3. The zero-order valence-electron chi connectivity index (χ0n) is 24.9. The van der Waals surface area contributed by atoms with Crippen LogP contribution in [0.2, 0.25) is 5.15 Å². The van der Waals surface area contributed by atoms with Gasteiger partial charge in [-0.3, -0.25) is 0 Å². The Hall–Kier alpha value is -2.22. The quantitative estimate of drug-likeness (QED) is 0.309. The molecule has 4 bridgehead atoms. The highest BCUT2D eigenvalue weighted by Gasteiger charge is 2.42. The predicted octanol–water partition coefficient (Wildman–Crippen LogP) is 7.95. The summed E-state index contributed by atoms with van der Waals surface area (Å²) in [5.41, 5.74) is 4.75. The standard InChI is InChI=1S/C16H20F3N3.C10H11ClN2.C7H14/c17-16(18,19)12-2-1-6-22(10-12)15-4-3-14-13(20-15)8-11-5-7-21(14)9-11;11-10-2-1-9-8(12-10)5-7-3-4-13(9)6-7;1-7-5-3-2-4-6-7/h3-4,11-12H,1-2,5-10H2;1-2,7H,3-6H2;7H,2-6H2,1H3/t11-,12?;7-;/m11./s1. The Morgan fingerprint density at radius 3 is 1.90 bits per heavy atom. The fraction of sp³-hybridized carbons (Fsp3) is 0.697. The van der Waals surface area contributed by atoms with Gasteiger partial charge in [-0.2, -0.15) is 13.2 Å². The van der Waals surface area contributed by atoms with Crippen molar-refractivity contribution in [3.63, 3.8) is 0 Å². The molecule has 0 spiro atoms. The average Bonchev–Trinajstić information content (AvgIpc) is 3.56. The first-order valence-corrected chi connectivity index (χ1v) is 16.6. The summed E-state index contributed by atoms with van der Waals surface area (Å²) in [6.07, 6.45) is 8.75. The first-order valence-electron chi connectivity index (χ1n) is 16.2. The summed E-state index contributed by atoms with van der Waals surface area (Å²) in [6.45, 7) is 7.68. The minimum Gasteiger partial charge on any atom is -0.370 e. The highest BCUT2D eigenvalue weighted by Crippen LogP contribution is 2.39. The number of halogens is 4. The van der Waals surface area contributed by atoms with Crippen molar-refractivity contribution in [3.05, 3.63) is 40.8 Å². The number of fused-ring (bicyclic) bond motifs is 8. The molecular formula is C33H45ClF3N5. The lowest BCUT2D eigenvalue weighted by Crippen LogP contribution is -2.42. The Morgan fingerprint density at radius 2 is 1.31 bits per heavy atom. The molecule has 0 amide bonds. The van der Waals surface area contributed by atoms with Crippen LogP contribution in [0.5, 0.6) is 0 Å². The molecule has 42 heavy (non-hydrogen) atoms. The Labute approximate surface area is 253 Å². The molecule has 3 atom stereocenters. The van der Waals surface area contributed by atoms with Crippen molar-refractivity contribution in [3.8, 4) is 0 Å². The minimum atomic E-state index is -4.10. The van der Waals surface area contributed by atoms with Gasteiger partial charge >= 0.3 is 6.18 Å². The zero-order valence-corrected chi connectivity index (χ0v) is 25.6. The van der Waals surface area contributed by atoms with Gasteiger partial charge in [0.25, 0.3) is 0 Å². The fourth-order valence-electron chi connectivity index (χ4n) is 7.74. The number of rotatable bonds is 1. The minimum absolute atomic E-state index is 0.0441. The second-order valence-corrected chi connectivity index (χ2v) is 13.8. The van der Waals surface area contributed by atoms with Crippen molar-refractivity contribution >= 4 is 28.8 Å². The van der Waals surface area contributed by atoms with E-state index in [1.165, 1.54) is 75.1 Å². The lowest BCUT2D eigenvalue weighted by Gasteiger charge is -2.35. The van der Waals surface area contributed by atoms with Gasteiger partial charge < -0.3 is 14.7 Å². The van der Waals surface area contributed by atoms with Gasteiger partial charge in [-0.1, -0.05) is 50.6 Å². The molecule has 7 heterocycles. The largest absolute Gasteiger partial charge is 0.393 e. The van der Waals surface area contributed by atoms with Gasteiger partial charge in [-0.25, -0.2) is 9.97 Å². The van der Waals surface area contributed by atoms with E-state index < -0.39 is 12.1 Å². The Balaban J connectivity index is 0.000000132. The molecular weight excluding hydrogens is 559 g/mol. The van der Waals surface area contributed by atoms with E-state index in [4.69, 9.17) is 16.6 Å². The average molecular weight is 604 g/mol. The number of nitrogens with zero attached hydrogens (tertiary/aromatic N) is 5. The molecule has 4 fully saturated rings. The predicted molar refractivity (Wildman–Crippen MR) is 165 cm³/mol. The monoisotopic (exact) mass is 603 g/mol. The molecule has 2 aromatic heterocycles. The lowest BCUT2D eigenvalue weighted by atomic mass is 9.91. The maximum Gasteiger partial charge on any atom is 0.393 e. The van der Waals surface area contributed by atoms with E-state index in [2.05, 4.69) is 33.8 Å². The van der Waals surface area contributed by atoms with Crippen LogP contribution in [-0.2, 0) is 12.8 Å². The van der Waals surface area contributed by atoms with Crippen LogP contribution in [0, 0.1) is 23.7 Å². The third-order valence-electron chi connectivity index (χ3n) is 10.2. The van der Waals surface area contributed by atoms with E-state index in [1.807, 2.05) is 17.0 Å². The third kappa shape index (κ3) is 6.95. The van der Waals surface area contributed by atoms with Crippen LogP contribution in [0.25, 0.3) is 0 Å². The molecule has 6 aliphatic rings. The normalized spacial score (nSPS) is 26.5. The van der Waals surface area contributed by atoms with Crippen molar-refractivity contribution in [2.45, 2.75) is 83.7 Å². The molecule has 0 N–H and O–H groups in total. The molecule has 0 aromatic carbocycles. The van der Waals surface area contributed by atoms with Crippen molar-refractivity contribution in [1.29, 1.82) is 0 Å². The maximum absolute atomic E-state index is 13.0. The van der Waals surface area contributed by atoms with Crippen molar-refractivity contribution in [2.24, 2.45) is 23.7 Å². The van der Waals surface area contributed by atoms with E-state index in [0.717, 1.165) is 49.3 Å². The first-order chi connectivity index (χ1) is 20.2. The number of hydrogen-bond acceptors (Lipinski definition) is 5. The van der Waals surface area contributed by atoms with Gasteiger partial charge in [-0.05, 0) is 80.5 Å². The summed E-state index contributed by atoms with van der Waals surface area (Å²) in [5, 5.41) is 0.626. The summed E-state index contributed by atoms with van der Waals surface area (Å²) in [5.74, 6) is 2.01. The molecule has 0 radical (unpaired) electrons. The smallest absolute Gasteiger partial charge is 0.370 e. The van der Waals surface area contributed by atoms with Crippen LogP contribution in [-0.4, -0.2) is 55.4 Å². The van der Waals surface area contributed by atoms with E-state index in [0.29, 0.717) is 24.0 Å². The lowest BCUT2D eigenvalue weighted by molar-refractivity contribution is -0.176. The molecule has 5 nitrogen and oxygen atoms in total. The SMILES string of the molecule is CC1CCCCC1.Clc1ccc2c(n1)C[C@H]1CCN2C1.FC(F)(F)C1CCCN(c2ccc3c(n2)C[C@H]2CCN3C2)C1. The van der Waals surface area contributed by atoms with Gasteiger partial charge in [0.15, 0.2) is 0 Å². The van der Waals surface area contributed by atoms with Crippen molar-refractivity contribution in [1.82, 2.24) is 9.97 Å². The van der Waals surface area contributed by atoms with Gasteiger partial charge in [0.05, 0.1) is 28.7 Å². The Kier molecular flexibility index (Phi) is 9.09. The first kappa shape index (κ1) is 29.8. The molecule has 2 aromatic rings. The number of hydrogen-bond donors (Lipinski definition) is 0. The topological polar surface area (TPSA) is 35.5 Å². The second-order valence-electron chi connectivity index (χ2n) is 13.4. The molecule has 1 aliphatic carbocycles. The summed E-state index contributed by atoms with van der Waals surface area (Å²) < 4.78 is 38.9. The molecule has 1 unspecified atom stereocenters.